The van der Waals surface area contributed by atoms with E-state index in [1.54, 1.807) is 16.7 Å². The van der Waals surface area contributed by atoms with Gasteiger partial charge in [0.15, 0.2) is 0 Å². The zero-order chi connectivity index (χ0) is 23.2. The first kappa shape index (κ1) is 20.8. The molecular weight excluding hydrogens is 433 g/mol. The van der Waals surface area contributed by atoms with Gasteiger partial charge in [-0.15, -0.1) is 0 Å². The second-order valence-corrected chi connectivity index (χ2v) is 7.68. The number of halogens is 3. The Morgan fingerprint density at radius 2 is 1.91 bits per heavy atom. The first-order valence-corrected chi connectivity index (χ1v) is 10.1. The maximum Gasteiger partial charge on any atom is 0.416 e. The van der Waals surface area contributed by atoms with Gasteiger partial charge in [-0.3, -0.25) is 0 Å². The van der Waals surface area contributed by atoms with Gasteiger partial charge in [-0.05, 0) is 53.1 Å². The molecule has 3 aromatic carbocycles. The monoisotopic (exact) mass is 450 g/mol. The maximum atomic E-state index is 13.0. The van der Waals surface area contributed by atoms with Gasteiger partial charge in [-0.2, -0.15) is 13.2 Å². The SMILES string of the molecule is O=C(O)c1ccc2c(c1)C(=CCn1cnc3cc(C(F)(F)F)ccc31)c1ccccc1CO2. The van der Waals surface area contributed by atoms with E-state index in [-0.39, 0.29) is 11.1 Å². The Balaban J connectivity index is 1.61. The minimum Gasteiger partial charge on any atom is -0.488 e. The molecule has 4 aromatic rings. The molecule has 8 heteroatoms. The number of carbonyl (C=O) groups is 1. The van der Waals surface area contributed by atoms with Crippen molar-refractivity contribution < 1.29 is 27.8 Å². The normalized spacial score (nSPS) is 14.5. The third-order valence-corrected chi connectivity index (χ3v) is 5.65. The molecule has 0 spiro atoms. The summed E-state index contributed by atoms with van der Waals surface area (Å²) in [7, 11) is 0. The molecule has 1 aromatic heterocycles. The highest BCUT2D eigenvalue weighted by Crippen LogP contribution is 2.37. The lowest BCUT2D eigenvalue weighted by Gasteiger charge is -2.12. The van der Waals surface area contributed by atoms with Gasteiger partial charge in [0.1, 0.15) is 12.4 Å². The van der Waals surface area contributed by atoms with E-state index in [2.05, 4.69) is 4.98 Å². The van der Waals surface area contributed by atoms with Crippen molar-refractivity contribution in [2.75, 3.05) is 0 Å². The van der Waals surface area contributed by atoms with Crippen LogP contribution in [0.25, 0.3) is 16.6 Å². The number of alkyl halides is 3. The second-order valence-electron chi connectivity index (χ2n) is 7.68. The van der Waals surface area contributed by atoms with Crippen molar-refractivity contribution in [3.05, 3.63) is 101 Å². The van der Waals surface area contributed by atoms with Crippen LogP contribution in [0.2, 0.25) is 0 Å². The van der Waals surface area contributed by atoms with Gasteiger partial charge < -0.3 is 14.4 Å². The van der Waals surface area contributed by atoms with Gasteiger partial charge in [0.2, 0.25) is 0 Å². The van der Waals surface area contributed by atoms with Crippen LogP contribution in [0.3, 0.4) is 0 Å². The summed E-state index contributed by atoms with van der Waals surface area (Å²) in [6.45, 7) is 0.656. The fraction of sp³-hybridized carbons (Fsp3) is 0.120. The molecule has 0 saturated heterocycles. The van der Waals surface area contributed by atoms with Crippen LogP contribution >= 0.6 is 0 Å². The lowest BCUT2D eigenvalue weighted by atomic mass is 9.93. The molecular formula is C25H17F3N2O3. The number of carboxylic acid groups (broad SMARTS) is 1. The largest absolute Gasteiger partial charge is 0.488 e. The van der Waals surface area contributed by atoms with Crippen LogP contribution in [0.15, 0.2) is 73.1 Å². The van der Waals surface area contributed by atoms with E-state index in [1.807, 2.05) is 30.3 Å². The van der Waals surface area contributed by atoms with Crippen molar-refractivity contribution in [2.45, 2.75) is 19.3 Å². The summed E-state index contributed by atoms with van der Waals surface area (Å²) in [6, 6.07) is 15.9. The zero-order valence-electron chi connectivity index (χ0n) is 17.1. The highest BCUT2D eigenvalue weighted by atomic mass is 19.4. The first-order valence-electron chi connectivity index (χ1n) is 10.1. The number of imidazole rings is 1. The summed E-state index contributed by atoms with van der Waals surface area (Å²) >= 11 is 0. The highest BCUT2D eigenvalue weighted by Gasteiger charge is 2.30. The van der Waals surface area contributed by atoms with Gasteiger partial charge >= 0.3 is 12.1 Å². The van der Waals surface area contributed by atoms with Gasteiger partial charge in [0.05, 0.1) is 28.5 Å². The van der Waals surface area contributed by atoms with Crippen molar-refractivity contribution in [2.24, 2.45) is 0 Å². The minimum absolute atomic E-state index is 0.135. The molecule has 166 valence electrons. The maximum absolute atomic E-state index is 13.0. The number of hydrogen-bond donors (Lipinski definition) is 1. The molecule has 1 N–H and O–H groups in total. The molecule has 0 unspecified atom stereocenters. The van der Waals surface area contributed by atoms with Crippen molar-refractivity contribution in [1.29, 1.82) is 0 Å². The fourth-order valence-electron chi connectivity index (χ4n) is 4.00. The summed E-state index contributed by atoms with van der Waals surface area (Å²) in [5, 5.41) is 9.46. The molecule has 0 bridgehead atoms. The predicted molar refractivity (Wildman–Crippen MR) is 116 cm³/mol. The Bertz CT molecular complexity index is 1420. The number of ether oxygens (including phenoxy) is 1. The van der Waals surface area contributed by atoms with E-state index in [4.69, 9.17) is 4.74 Å². The minimum atomic E-state index is -4.43. The molecule has 0 fully saturated rings. The van der Waals surface area contributed by atoms with Crippen LogP contribution in [0.4, 0.5) is 13.2 Å². The summed E-state index contributed by atoms with van der Waals surface area (Å²) in [4.78, 5) is 15.7. The Labute approximate surface area is 186 Å². The molecule has 0 atom stereocenters. The van der Waals surface area contributed by atoms with Gasteiger partial charge in [0.25, 0.3) is 0 Å². The molecule has 33 heavy (non-hydrogen) atoms. The number of benzene rings is 3. The third-order valence-electron chi connectivity index (χ3n) is 5.65. The summed E-state index contributed by atoms with van der Waals surface area (Å²) in [5.74, 6) is -0.483. The quantitative estimate of drug-likeness (QED) is 0.430. The van der Waals surface area contributed by atoms with E-state index >= 15 is 0 Å². The molecule has 0 saturated carbocycles. The highest BCUT2D eigenvalue weighted by molar-refractivity contribution is 5.92. The van der Waals surface area contributed by atoms with Crippen molar-refractivity contribution >= 4 is 22.6 Å². The molecule has 0 amide bonds. The van der Waals surface area contributed by atoms with E-state index in [0.29, 0.717) is 30.0 Å². The second kappa shape index (κ2) is 7.81. The standard InChI is InChI=1S/C25H17F3N2O3/c26-25(27,28)17-6-7-22-21(12-17)29-14-30(22)10-9-19-18-4-2-1-3-16(18)13-33-23-8-5-15(24(31)32)11-20(19)23/h1-9,11-12,14H,10,13H2,(H,31,32). The number of carboxylic acids is 1. The van der Waals surface area contributed by atoms with Crippen LogP contribution in [0, 0.1) is 0 Å². The molecule has 1 aliphatic heterocycles. The lowest BCUT2D eigenvalue weighted by Crippen LogP contribution is -2.04. The molecule has 0 aliphatic carbocycles. The Kier molecular flexibility index (Phi) is 4.92. The average Bonchev–Trinajstić information content (AvgIpc) is 3.13. The van der Waals surface area contributed by atoms with E-state index in [1.165, 1.54) is 18.5 Å². The van der Waals surface area contributed by atoms with Crippen LogP contribution in [-0.4, -0.2) is 20.6 Å². The number of fused-ring (bicyclic) bond motifs is 3. The first-order chi connectivity index (χ1) is 15.8. The number of rotatable bonds is 3. The van der Waals surface area contributed by atoms with Crippen LogP contribution in [-0.2, 0) is 19.3 Å². The van der Waals surface area contributed by atoms with Crippen LogP contribution in [0.1, 0.15) is 32.6 Å². The lowest BCUT2D eigenvalue weighted by molar-refractivity contribution is -0.137. The van der Waals surface area contributed by atoms with Crippen molar-refractivity contribution in [3.8, 4) is 5.75 Å². The fourth-order valence-corrected chi connectivity index (χ4v) is 4.00. The number of nitrogens with zero attached hydrogens (tertiary/aromatic N) is 2. The predicted octanol–water partition coefficient (Wildman–Crippen LogP) is 5.78. The Hall–Kier alpha value is -4.07. The number of allylic oxidation sites excluding steroid dienone is 1. The Morgan fingerprint density at radius 3 is 2.70 bits per heavy atom. The van der Waals surface area contributed by atoms with Gasteiger partial charge in [-0.1, -0.05) is 30.3 Å². The third kappa shape index (κ3) is 3.84. The molecule has 1 aliphatic rings. The molecule has 5 rings (SSSR count). The summed E-state index contributed by atoms with van der Waals surface area (Å²) in [6.07, 6.45) is -1.03. The topological polar surface area (TPSA) is 64.3 Å². The smallest absolute Gasteiger partial charge is 0.416 e. The summed E-state index contributed by atoms with van der Waals surface area (Å²) in [5.41, 5.74) is 3.49. The summed E-state index contributed by atoms with van der Waals surface area (Å²) < 4.78 is 46.8. The van der Waals surface area contributed by atoms with Gasteiger partial charge in [0, 0.05) is 12.1 Å². The number of aromatic nitrogens is 2. The number of hydrogen-bond acceptors (Lipinski definition) is 3. The average molecular weight is 450 g/mol. The van der Waals surface area contributed by atoms with E-state index in [0.717, 1.165) is 28.8 Å². The van der Waals surface area contributed by atoms with Crippen LogP contribution in [0.5, 0.6) is 5.75 Å². The molecule has 2 heterocycles. The molecule has 0 radical (unpaired) electrons. The van der Waals surface area contributed by atoms with Crippen molar-refractivity contribution in [3.63, 3.8) is 0 Å². The molecule has 5 nitrogen and oxygen atoms in total. The van der Waals surface area contributed by atoms with E-state index in [9.17, 15) is 23.1 Å². The van der Waals surface area contributed by atoms with Crippen molar-refractivity contribution in [1.82, 2.24) is 9.55 Å². The van der Waals surface area contributed by atoms with Crippen LogP contribution < -0.4 is 4.74 Å². The Morgan fingerprint density at radius 1 is 1.09 bits per heavy atom. The zero-order valence-corrected chi connectivity index (χ0v) is 17.1. The number of aromatic carboxylic acids is 1. The van der Waals surface area contributed by atoms with Gasteiger partial charge in [-0.25, -0.2) is 9.78 Å². The van der Waals surface area contributed by atoms with E-state index < -0.39 is 17.7 Å².